The van der Waals surface area contributed by atoms with Gasteiger partial charge in [-0.2, -0.15) is 0 Å². The summed E-state index contributed by atoms with van der Waals surface area (Å²) < 4.78 is 14.8. The van der Waals surface area contributed by atoms with Crippen molar-refractivity contribution in [1.82, 2.24) is 19.7 Å². The molecule has 0 spiro atoms. The minimum absolute atomic E-state index is 0.282. The maximum absolute atomic E-state index is 12.6. The van der Waals surface area contributed by atoms with Crippen molar-refractivity contribution >= 4 is 5.97 Å². The highest BCUT2D eigenvalue weighted by molar-refractivity contribution is 5.76. The molecule has 0 aliphatic carbocycles. The molecular weight excluding hydrogens is 488 g/mol. The van der Waals surface area contributed by atoms with E-state index in [4.69, 9.17) is 14.3 Å². The summed E-state index contributed by atoms with van der Waals surface area (Å²) in [6.45, 7) is 20.1. The van der Waals surface area contributed by atoms with Crippen molar-refractivity contribution in [3.8, 4) is 11.8 Å². The summed E-state index contributed by atoms with van der Waals surface area (Å²) in [5, 5.41) is 28.0. The lowest BCUT2D eigenvalue weighted by Crippen LogP contribution is -2.35. The molecule has 0 saturated heterocycles. The van der Waals surface area contributed by atoms with E-state index >= 15 is 0 Å². The number of carbonyl (C=O) groups excluding carboxylic acids is 1. The van der Waals surface area contributed by atoms with Crippen LogP contribution in [0.15, 0.2) is 18.3 Å². The largest absolute Gasteiger partial charge is 0.492 e. The SMILES string of the molecule is CCC(C)(C)CCOC(C)(C)Cc1cn(CCC(C)(C)OCCC(C)(C)C(=O)On2c(O)ccc2O)nn1. The molecule has 0 unspecified atom stereocenters. The van der Waals surface area contributed by atoms with Crippen molar-refractivity contribution in [2.75, 3.05) is 13.2 Å². The zero-order chi connectivity index (χ0) is 28.8. The molecule has 0 saturated carbocycles. The molecule has 2 heterocycles. The van der Waals surface area contributed by atoms with E-state index in [1.807, 2.05) is 24.7 Å². The molecule has 216 valence electrons. The molecule has 0 radical (unpaired) electrons. The van der Waals surface area contributed by atoms with Crippen LogP contribution in [-0.2, 0) is 27.2 Å². The Balaban J connectivity index is 1.78. The van der Waals surface area contributed by atoms with Crippen LogP contribution in [-0.4, -0.2) is 60.3 Å². The normalized spacial score (nSPS) is 13.2. The van der Waals surface area contributed by atoms with E-state index in [1.54, 1.807) is 13.8 Å². The second-order valence-electron chi connectivity index (χ2n) is 12.7. The summed E-state index contributed by atoms with van der Waals surface area (Å²) >= 11 is 0. The fraction of sp³-hybridized carbons (Fsp3) is 0.750. The number of aromatic nitrogens is 4. The number of hydrogen-bond acceptors (Lipinski definition) is 8. The fourth-order valence-electron chi connectivity index (χ4n) is 3.64. The maximum Gasteiger partial charge on any atom is 0.338 e. The van der Waals surface area contributed by atoms with Crippen molar-refractivity contribution in [3.05, 3.63) is 24.0 Å². The second-order valence-corrected chi connectivity index (χ2v) is 12.7. The standard InChI is InChI=1S/C28H48N4O6/c1-10-25(2,3)14-17-37-28(8,9)19-21-20-31(30-29-21)16-13-27(6,7)36-18-15-26(4,5)24(35)38-32-22(33)11-12-23(32)34/h11-12,20,33-34H,10,13-19H2,1-9H3. The third-order valence-corrected chi connectivity index (χ3v) is 7.11. The molecule has 38 heavy (non-hydrogen) atoms. The number of aromatic hydroxyl groups is 2. The van der Waals surface area contributed by atoms with Crippen molar-refractivity contribution < 1.29 is 29.3 Å². The zero-order valence-corrected chi connectivity index (χ0v) is 24.7. The van der Waals surface area contributed by atoms with Crippen molar-refractivity contribution in [3.63, 3.8) is 0 Å². The third kappa shape index (κ3) is 9.94. The quantitative estimate of drug-likeness (QED) is 0.310. The maximum atomic E-state index is 12.6. The van der Waals surface area contributed by atoms with Crippen molar-refractivity contribution in [2.45, 2.75) is 112 Å². The summed E-state index contributed by atoms with van der Waals surface area (Å²) in [6, 6.07) is 2.48. The predicted octanol–water partition coefficient (Wildman–Crippen LogP) is 4.91. The van der Waals surface area contributed by atoms with Crippen molar-refractivity contribution in [1.29, 1.82) is 0 Å². The van der Waals surface area contributed by atoms with Crippen LogP contribution in [0.1, 0.15) is 93.7 Å². The average Bonchev–Trinajstić information content (AvgIpc) is 3.37. The molecule has 0 bridgehead atoms. The Morgan fingerprint density at radius 2 is 1.47 bits per heavy atom. The molecule has 0 amide bonds. The van der Waals surface area contributed by atoms with Crippen LogP contribution in [0, 0.1) is 10.8 Å². The first-order chi connectivity index (χ1) is 17.5. The average molecular weight is 537 g/mol. The summed E-state index contributed by atoms with van der Waals surface area (Å²) in [6.07, 6.45) is 5.90. The number of ether oxygens (including phenoxy) is 2. The molecule has 2 rings (SSSR count). The van der Waals surface area contributed by atoms with Gasteiger partial charge in [0.15, 0.2) is 0 Å². The van der Waals surface area contributed by atoms with Gasteiger partial charge in [0.2, 0.25) is 11.8 Å². The van der Waals surface area contributed by atoms with Crippen molar-refractivity contribution in [2.24, 2.45) is 10.8 Å². The van der Waals surface area contributed by atoms with Crippen LogP contribution >= 0.6 is 0 Å². The van der Waals surface area contributed by atoms with Gasteiger partial charge >= 0.3 is 5.97 Å². The summed E-state index contributed by atoms with van der Waals surface area (Å²) in [4.78, 5) is 17.7. The molecular formula is C28H48N4O6. The molecule has 2 aromatic heterocycles. The lowest BCUT2D eigenvalue weighted by atomic mass is 9.87. The van der Waals surface area contributed by atoms with Crippen LogP contribution in [0.25, 0.3) is 0 Å². The van der Waals surface area contributed by atoms with Crippen LogP contribution in [0.5, 0.6) is 11.8 Å². The lowest BCUT2D eigenvalue weighted by Gasteiger charge is -2.28. The monoisotopic (exact) mass is 536 g/mol. The van der Waals surface area contributed by atoms with Crippen LogP contribution in [0.3, 0.4) is 0 Å². The van der Waals surface area contributed by atoms with Gasteiger partial charge in [-0.15, -0.1) is 9.83 Å². The first kappa shape index (κ1) is 31.6. The van der Waals surface area contributed by atoms with E-state index < -0.39 is 17.0 Å². The number of rotatable bonds is 16. The number of carbonyl (C=O) groups is 1. The molecule has 2 aromatic rings. The van der Waals surface area contributed by atoms with Crippen LogP contribution in [0.4, 0.5) is 0 Å². The summed E-state index contributed by atoms with van der Waals surface area (Å²) in [5.41, 5.74) is -0.480. The summed E-state index contributed by atoms with van der Waals surface area (Å²) in [7, 11) is 0. The van der Waals surface area contributed by atoms with Gasteiger partial charge < -0.3 is 24.5 Å². The molecule has 0 fully saturated rings. The third-order valence-electron chi connectivity index (χ3n) is 7.11. The first-order valence-electron chi connectivity index (χ1n) is 13.4. The minimum atomic E-state index is -0.888. The Morgan fingerprint density at radius 3 is 2.08 bits per heavy atom. The van der Waals surface area contributed by atoms with E-state index in [9.17, 15) is 15.0 Å². The molecule has 10 heteroatoms. The van der Waals surface area contributed by atoms with Gasteiger partial charge in [0, 0.05) is 44.5 Å². The predicted molar refractivity (Wildman–Crippen MR) is 145 cm³/mol. The number of nitrogens with zero attached hydrogens (tertiary/aromatic N) is 4. The molecule has 0 atom stereocenters. The second kappa shape index (κ2) is 12.5. The fourth-order valence-corrected chi connectivity index (χ4v) is 3.64. The van der Waals surface area contributed by atoms with Gasteiger partial charge in [0.25, 0.3) is 0 Å². The molecule has 0 aliphatic heterocycles. The van der Waals surface area contributed by atoms with E-state index in [0.29, 0.717) is 37.1 Å². The van der Waals surface area contributed by atoms with E-state index in [1.165, 1.54) is 12.1 Å². The number of hydrogen-bond donors (Lipinski definition) is 2. The van der Waals surface area contributed by atoms with E-state index in [0.717, 1.165) is 25.1 Å². The number of aryl methyl sites for hydroxylation is 1. The van der Waals surface area contributed by atoms with Gasteiger partial charge in [-0.3, -0.25) is 4.68 Å². The lowest BCUT2D eigenvalue weighted by molar-refractivity contribution is -0.157. The van der Waals surface area contributed by atoms with E-state index in [2.05, 4.69) is 44.9 Å². The Bertz CT molecular complexity index is 1020. The minimum Gasteiger partial charge on any atom is -0.492 e. The van der Waals surface area contributed by atoms with Crippen LogP contribution in [0.2, 0.25) is 0 Å². The molecule has 0 aliphatic rings. The Morgan fingerprint density at radius 1 is 0.895 bits per heavy atom. The zero-order valence-electron chi connectivity index (χ0n) is 24.7. The molecule has 10 nitrogen and oxygen atoms in total. The van der Waals surface area contributed by atoms with Crippen LogP contribution < -0.4 is 4.84 Å². The van der Waals surface area contributed by atoms with Gasteiger partial charge in [0.1, 0.15) is 0 Å². The Hall–Kier alpha value is -2.59. The van der Waals surface area contributed by atoms with Gasteiger partial charge in [-0.1, -0.05) is 32.4 Å². The van der Waals surface area contributed by atoms with Gasteiger partial charge in [0.05, 0.1) is 22.3 Å². The highest BCUT2D eigenvalue weighted by atomic mass is 16.7. The molecule has 0 aromatic carbocycles. The Kier molecular flexibility index (Phi) is 10.4. The highest BCUT2D eigenvalue weighted by Crippen LogP contribution is 2.27. The van der Waals surface area contributed by atoms with E-state index in [-0.39, 0.29) is 22.8 Å². The Labute approximate surface area is 227 Å². The van der Waals surface area contributed by atoms with Gasteiger partial charge in [-0.25, -0.2) is 4.79 Å². The molecule has 2 N–H and O–H groups in total. The summed E-state index contributed by atoms with van der Waals surface area (Å²) in [5.74, 6) is -1.29. The smallest absolute Gasteiger partial charge is 0.338 e. The highest BCUT2D eigenvalue weighted by Gasteiger charge is 2.32. The topological polar surface area (TPSA) is 121 Å². The van der Waals surface area contributed by atoms with Gasteiger partial charge in [-0.05, 0) is 66.2 Å². The first-order valence-corrected chi connectivity index (χ1v) is 13.4.